The van der Waals surface area contributed by atoms with Crippen LogP contribution in [0.4, 0.5) is 10.6 Å². The van der Waals surface area contributed by atoms with Crippen molar-refractivity contribution in [3.05, 3.63) is 17.6 Å². The molecule has 2 fully saturated rings. The van der Waals surface area contributed by atoms with Crippen molar-refractivity contribution in [1.29, 1.82) is 0 Å². The van der Waals surface area contributed by atoms with E-state index in [2.05, 4.69) is 9.97 Å². The van der Waals surface area contributed by atoms with Crippen LogP contribution in [-0.2, 0) is 14.8 Å². The molecule has 3 heterocycles. The van der Waals surface area contributed by atoms with Crippen LogP contribution in [0.5, 0.6) is 0 Å². The predicted octanol–water partition coefficient (Wildman–Crippen LogP) is 1.27. The summed E-state index contributed by atoms with van der Waals surface area (Å²) in [5.41, 5.74) is 0.785. The lowest BCUT2D eigenvalue weighted by molar-refractivity contribution is 0.150. The molecule has 1 amide bonds. The normalized spacial score (nSPS) is 23.5. The van der Waals surface area contributed by atoms with Crippen LogP contribution in [0.25, 0.3) is 0 Å². The Kier molecular flexibility index (Phi) is 4.48. The Hall–Kier alpha value is -1.74. The van der Waals surface area contributed by atoms with Crippen molar-refractivity contribution in [2.45, 2.75) is 38.7 Å². The number of amides is 1. The number of hydrogen-bond donors (Lipinski definition) is 0. The zero-order valence-corrected chi connectivity index (χ0v) is 14.9. The summed E-state index contributed by atoms with van der Waals surface area (Å²) in [6, 6.07) is 1.77. The average Bonchev–Trinajstić information content (AvgIpc) is 2.84. The van der Waals surface area contributed by atoms with E-state index in [4.69, 9.17) is 4.74 Å². The lowest BCUT2D eigenvalue weighted by Crippen LogP contribution is -2.37. The van der Waals surface area contributed by atoms with Gasteiger partial charge >= 0.3 is 6.09 Å². The van der Waals surface area contributed by atoms with Crippen molar-refractivity contribution in [3.8, 4) is 0 Å². The Morgan fingerprint density at radius 3 is 2.46 bits per heavy atom. The van der Waals surface area contributed by atoms with Gasteiger partial charge in [0.1, 0.15) is 17.7 Å². The molecule has 1 aromatic rings. The summed E-state index contributed by atoms with van der Waals surface area (Å²) in [7, 11) is -3.15. The van der Waals surface area contributed by atoms with E-state index < -0.39 is 16.1 Å². The lowest BCUT2D eigenvalue weighted by Gasteiger charge is -2.29. The third-order valence-corrected chi connectivity index (χ3v) is 5.69. The molecule has 2 aliphatic rings. The fraction of sp³-hybridized carbons (Fsp3) is 0.667. The molecule has 9 heteroatoms. The number of anilines is 1. The number of aromatic nitrogens is 2. The van der Waals surface area contributed by atoms with E-state index in [0.717, 1.165) is 5.69 Å². The predicted molar refractivity (Wildman–Crippen MR) is 88.4 cm³/mol. The first-order chi connectivity index (χ1) is 11.2. The van der Waals surface area contributed by atoms with E-state index in [1.807, 2.05) is 13.8 Å². The van der Waals surface area contributed by atoms with E-state index in [9.17, 15) is 13.2 Å². The van der Waals surface area contributed by atoms with Crippen LogP contribution in [0.1, 0.15) is 37.2 Å². The molecule has 3 rings (SSSR count). The minimum atomic E-state index is -3.15. The molecule has 0 aromatic carbocycles. The van der Waals surface area contributed by atoms with Gasteiger partial charge in [-0.2, -0.15) is 0 Å². The fourth-order valence-electron chi connectivity index (χ4n) is 3.13. The average molecular weight is 354 g/mol. The highest BCUT2D eigenvalue weighted by atomic mass is 32.2. The van der Waals surface area contributed by atoms with Crippen molar-refractivity contribution < 1.29 is 17.9 Å². The number of nitrogens with zero attached hydrogens (tertiary/aromatic N) is 4. The second-order valence-corrected chi connectivity index (χ2v) is 8.45. The zero-order valence-electron chi connectivity index (χ0n) is 14.1. The van der Waals surface area contributed by atoms with Gasteiger partial charge in [0.2, 0.25) is 10.0 Å². The summed E-state index contributed by atoms with van der Waals surface area (Å²) in [5, 5.41) is 0. The van der Waals surface area contributed by atoms with E-state index in [0.29, 0.717) is 44.1 Å². The molecule has 0 aliphatic carbocycles. The standard InChI is InChI=1S/C15H22N4O4S/c1-10-8-13(19-9-11(2)23-15(19)20)17-14(16-10)12-4-6-18(7-5-12)24(3,21)22/h8,11-12H,4-7,9H2,1-3H3/t11-/m1/s1. The van der Waals surface area contributed by atoms with Gasteiger partial charge in [-0.1, -0.05) is 0 Å². The van der Waals surface area contributed by atoms with Crippen molar-refractivity contribution in [2.24, 2.45) is 0 Å². The molecular weight excluding hydrogens is 332 g/mol. The number of aryl methyl sites for hydroxylation is 1. The Bertz CT molecular complexity index is 744. The van der Waals surface area contributed by atoms with Crippen LogP contribution in [-0.4, -0.2) is 60.8 Å². The molecule has 0 spiro atoms. The summed E-state index contributed by atoms with van der Waals surface area (Å²) in [4.78, 5) is 22.5. The number of rotatable bonds is 3. The molecule has 0 N–H and O–H groups in total. The number of sulfonamides is 1. The molecule has 0 unspecified atom stereocenters. The molecule has 2 saturated heterocycles. The Balaban J connectivity index is 1.79. The highest BCUT2D eigenvalue weighted by Crippen LogP contribution is 2.29. The Morgan fingerprint density at radius 2 is 1.92 bits per heavy atom. The lowest BCUT2D eigenvalue weighted by atomic mass is 9.97. The summed E-state index contributed by atoms with van der Waals surface area (Å²) in [6.45, 7) is 5.12. The SMILES string of the molecule is Cc1cc(N2C[C@@H](C)OC2=O)nc(C2CCN(S(C)(=O)=O)CC2)n1. The molecule has 1 aromatic heterocycles. The smallest absolute Gasteiger partial charge is 0.415 e. The first kappa shape index (κ1) is 17.1. The quantitative estimate of drug-likeness (QED) is 0.811. The number of carbonyl (C=O) groups is 1. The van der Waals surface area contributed by atoms with Crippen molar-refractivity contribution >= 4 is 21.9 Å². The van der Waals surface area contributed by atoms with Gasteiger partial charge in [0.05, 0.1) is 12.8 Å². The minimum absolute atomic E-state index is 0.0951. The highest BCUT2D eigenvalue weighted by molar-refractivity contribution is 7.88. The van der Waals surface area contributed by atoms with Crippen molar-refractivity contribution in [2.75, 3.05) is 30.8 Å². The molecule has 0 radical (unpaired) electrons. The van der Waals surface area contributed by atoms with Crippen LogP contribution in [0.15, 0.2) is 6.07 Å². The molecule has 8 nitrogen and oxygen atoms in total. The Labute approximate surface area is 141 Å². The molecule has 0 bridgehead atoms. The van der Waals surface area contributed by atoms with Gasteiger partial charge < -0.3 is 4.74 Å². The summed E-state index contributed by atoms with van der Waals surface area (Å²) >= 11 is 0. The monoisotopic (exact) mass is 354 g/mol. The number of piperidine rings is 1. The summed E-state index contributed by atoms with van der Waals surface area (Å²) < 4.78 is 29.9. The second-order valence-electron chi connectivity index (χ2n) is 6.47. The molecule has 0 saturated carbocycles. The molecule has 2 aliphatic heterocycles. The van der Waals surface area contributed by atoms with Crippen LogP contribution >= 0.6 is 0 Å². The van der Waals surface area contributed by atoms with Crippen LogP contribution in [0.3, 0.4) is 0 Å². The van der Waals surface area contributed by atoms with Crippen molar-refractivity contribution in [3.63, 3.8) is 0 Å². The van der Waals surface area contributed by atoms with Gasteiger partial charge in [0.25, 0.3) is 0 Å². The fourth-order valence-corrected chi connectivity index (χ4v) is 4.01. The molecule has 132 valence electrons. The highest BCUT2D eigenvalue weighted by Gasteiger charge is 2.32. The Morgan fingerprint density at radius 1 is 1.25 bits per heavy atom. The third-order valence-electron chi connectivity index (χ3n) is 4.38. The number of ether oxygens (including phenoxy) is 1. The van der Waals surface area contributed by atoms with E-state index in [1.165, 1.54) is 15.5 Å². The van der Waals surface area contributed by atoms with Crippen LogP contribution < -0.4 is 4.90 Å². The maximum absolute atomic E-state index is 11.9. The van der Waals surface area contributed by atoms with Crippen LogP contribution in [0, 0.1) is 6.92 Å². The molecule has 1 atom stereocenters. The largest absolute Gasteiger partial charge is 0.444 e. The van der Waals surface area contributed by atoms with Crippen molar-refractivity contribution in [1.82, 2.24) is 14.3 Å². The van der Waals surface area contributed by atoms with Gasteiger partial charge in [-0.3, -0.25) is 4.90 Å². The molecular formula is C15H22N4O4S. The first-order valence-electron chi connectivity index (χ1n) is 8.03. The molecule has 24 heavy (non-hydrogen) atoms. The first-order valence-corrected chi connectivity index (χ1v) is 9.87. The number of cyclic esters (lactones) is 1. The van der Waals surface area contributed by atoms with Gasteiger partial charge in [-0.25, -0.2) is 27.5 Å². The maximum Gasteiger partial charge on any atom is 0.415 e. The summed E-state index contributed by atoms with van der Waals surface area (Å²) in [6.07, 6.45) is 2.04. The second kappa shape index (κ2) is 6.29. The van der Waals surface area contributed by atoms with Gasteiger partial charge in [-0.05, 0) is 26.7 Å². The number of carbonyl (C=O) groups excluding carboxylic acids is 1. The van der Waals surface area contributed by atoms with E-state index in [-0.39, 0.29) is 12.0 Å². The topological polar surface area (TPSA) is 92.7 Å². The third kappa shape index (κ3) is 3.51. The van der Waals surface area contributed by atoms with Gasteiger partial charge in [0, 0.05) is 30.8 Å². The van der Waals surface area contributed by atoms with E-state index in [1.54, 1.807) is 6.07 Å². The van der Waals surface area contributed by atoms with Gasteiger partial charge in [-0.15, -0.1) is 0 Å². The van der Waals surface area contributed by atoms with E-state index >= 15 is 0 Å². The maximum atomic E-state index is 11.9. The number of hydrogen-bond acceptors (Lipinski definition) is 6. The van der Waals surface area contributed by atoms with Crippen LogP contribution in [0.2, 0.25) is 0 Å². The zero-order chi connectivity index (χ0) is 17.5. The summed E-state index contributed by atoms with van der Waals surface area (Å²) in [5.74, 6) is 1.32. The van der Waals surface area contributed by atoms with Gasteiger partial charge in [0.15, 0.2) is 0 Å². The minimum Gasteiger partial charge on any atom is -0.444 e.